The Morgan fingerprint density at radius 2 is 1.80 bits per heavy atom. The third-order valence-corrected chi connectivity index (χ3v) is 4.36. The van der Waals surface area contributed by atoms with Crippen LogP contribution in [0.4, 0.5) is 5.69 Å². The molecular formula is C22H31N5O3. The van der Waals surface area contributed by atoms with E-state index in [1.165, 1.54) is 0 Å². The summed E-state index contributed by atoms with van der Waals surface area (Å²) in [7, 11) is 8.84. The molecule has 0 saturated carbocycles. The van der Waals surface area contributed by atoms with Gasteiger partial charge in [0.15, 0.2) is 17.5 Å². The zero-order valence-corrected chi connectivity index (χ0v) is 18.3. The van der Waals surface area contributed by atoms with Crippen LogP contribution in [0.25, 0.3) is 0 Å². The molecule has 0 radical (unpaired) electrons. The maximum absolute atomic E-state index is 12.3. The van der Waals surface area contributed by atoms with Gasteiger partial charge < -0.3 is 30.3 Å². The number of methoxy groups -OCH3 is 2. The third-order valence-electron chi connectivity index (χ3n) is 4.36. The number of amides is 1. The van der Waals surface area contributed by atoms with E-state index in [1.807, 2.05) is 61.5 Å². The van der Waals surface area contributed by atoms with Crippen molar-refractivity contribution in [1.82, 2.24) is 15.5 Å². The summed E-state index contributed by atoms with van der Waals surface area (Å²) in [5, 5.41) is 9.40. The molecule has 0 unspecified atom stereocenters. The fourth-order valence-corrected chi connectivity index (χ4v) is 2.73. The Labute approximate surface area is 178 Å². The molecule has 8 heteroatoms. The molecule has 0 fully saturated rings. The molecule has 8 nitrogen and oxygen atoms in total. The number of carbonyl (C=O) groups is 1. The number of benzene rings is 2. The fraction of sp³-hybridized carbons (Fsp3) is 0.364. The van der Waals surface area contributed by atoms with Crippen LogP contribution in [-0.4, -0.2) is 65.2 Å². The lowest BCUT2D eigenvalue weighted by Crippen LogP contribution is -2.32. The Morgan fingerprint density at radius 3 is 2.47 bits per heavy atom. The van der Waals surface area contributed by atoms with E-state index in [-0.39, 0.29) is 5.91 Å². The van der Waals surface area contributed by atoms with Gasteiger partial charge in [-0.15, -0.1) is 0 Å². The number of likely N-dealkylation sites (N-methyl/N-ethyl adjacent to an activating group) is 1. The third kappa shape index (κ3) is 6.97. The van der Waals surface area contributed by atoms with Crippen LogP contribution in [0.5, 0.6) is 11.5 Å². The predicted molar refractivity (Wildman–Crippen MR) is 121 cm³/mol. The molecule has 162 valence electrons. The van der Waals surface area contributed by atoms with Gasteiger partial charge in [0.25, 0.3) is 5.91 Å². The molecule has 0 aromatic heterocycles. The molecule has 2 rings (SSSR count). The highest BCUT2D eigenvalue weighted by Crippen LogP contribution is 2.29. The van der Waals surface area contributed by atoms with Crippen molar-refractivity contribution in [3.05, 3.63) is 53.6 Å². The average Bonchev–Trinajstić information content (AvgIpc) is 2.76. The lowest BCUT2D eigenvalue weighted by molar-refractivity contribution is 0.0951. The van der Waals surface area contributed by atoms with E-state index in [0.29, 0.717) is 36.1 Å². The average molecular weight is 414 g/mol. The van der Waals surface area contributed by atoms with Crippen molar-refractivity contribution in [2.45, 2.75) is 6.54 Å². The molecule has 30 heavy (non-hydrogen) atoms. The largest absolute Gasteiger partial charge is 0.493 e. The number of hydrogen-bond acceptors (Lipinski definition) is 5. The lowest BCUT2D eigenvalue weighted by Gasteiger charge is -2.14. The highest BCUT2D eigenvalue weighted by Gasteiger charge is 2.08. The van der Waals surface area contributed by atoms with Crippen LogP contribution >= 0.6 is 0 Å². The molecule has 0 saturated heterocycles. The summed E-state index contributed by atoms with van der Waals surface area (Å²) in [4.78, 5) is 18.6. The normalized spacial score (nSPS) is 11.2. The highest BCUT2D eigenvalue weighted by molar-refractivity contribution is 5.95. The first kappa shape index (κ1) is 23.0. The fourth-order valence-electron chi connectivity index (χ4n) is 2.73. The Balaban J connectivity index is 1.96. The minimum absolute atomic E-state index is 0.0773. The lowest BCUT2D eigenvalue weighted by atomic mass is 10.1. The molecular weight excluding hydrogens is 382 g/mol. The number of rotatable bonds is 9. The minimum atomic E-state index is -0.0773. The van der Waals surface area contributed by atoms with Gasteiger partial charge in [0.1, 0.15) is 0 Å². The summed E-state index contributed by atoms with van der Waals surface area (Å²) in [6.07, 6.45) is 0. The molecule has 2 aromatic carbocycles. The van der Waals surface area contributed by atoms with Crippen molar-refractivity contribution >= 4 is 17.6 Å². The maximum Gasteiger partial charge on any atom is 0.251 e. The van der Waals surface area contributed by atoms with Gasteiger partial charge in [0.05, 0.1) is 14.2 Å². The van der Waals surface area contributed by atoms with Gasteiger partial charge in [-0.25, -0.2) is 0 Å². The van der Waals surface area contributed by atoms with E-state index in [4.69, 9.17) is 9.47 Å². The van der Waals surface area contributed by atoms with E-state index in [1.54, 1.807) is 21.3 Å². The van der Waals surface area contributed by atoms with Gasteiger partial charge in [0, 0.05) is 44.0 Å². The second-order valence-electron chi connectivity index (χ2n) is 6.88. The summed E-state index contributed by atoms with van der Waals surface area (Å²) in [6, 6.07) is 13.1. The van der Waals surface area contributed by atoms with Crippen LogP contribution in [0.1, 0.15) is 15.9 Å². The van der Waals surface area contributed by atoms with Crippen LogP contribution < -0.4 is 25.4 Å². The van der Waals surface area contributed by atoms with E-state index in [9.17, 15) is 4.79 Å². The molecule has 0 atom stereocenters. The van der Waals surface area contributed by atoms with Gasteiger partial charge in [-0.1, -0.05) is 12.1 Å². The Bertz CT molecular complexity index is 868. The smallest absolute Gasteiger partial charge is 0.251 e. The molecule has 1 amide bonds. The van der Waals surface area contributed by atoms with E-state index in [0.717, 1.165) is 17.8 Å². The zero-order chi connectivity index (χ0) is 21.9. The summed E-state index contributed by atoms with van der Waals surface area (Å²) in [5.41, 5.74) is 2.43. The number of aliphatic imine (C=N–C) groups is 1. The van der Waals surface area contributed by atoms with Gasteiger partial charge in [0.2, 0.25) is 0 Å². The highest BCUT2D eigenvalue weighted by atomic mass is 16.5. The molecule has 0 aliphatic carbocycles. The predicted octanol–water partition coefficient (Wildman–Crippen LogP) is 2.18. The van der Waals surface area contributed by atoms with Crippen LogP contribution in [0, 0.1) is 0 Å². The number of anilines is 1. The molecule has 0 heterocycles. The van der Waals surface area contributed by atoms with Gasteiger partial charge in [-0.05, 0) is 43.9 Å². The van der Waals surface area contributed by atoms with Crippen molar-refractivity contribution in [3.63, 3.8) is 0 Å². The summed E-state index contributed by atoms with van der Waals surface area (Å²) >= 11 is 0. The SMILES string of the molecule is CN=C(NCc1cccc(C(=O)NCCN(C)C)c1)Nc1ccc(OC)c(OC)c1. The topological polar surface area (TPSA) is 87.2 Å². The number of guanidine groups is 1. The summed E-state index contributed by atoms with van der Waals surface area (Å²) in [6.45, 7) is 1.92. The molecule has 2 aromatic rings. The van der Waals surface area contributed by atoms with E-state index in [2.05, 4.69) is 20.9 Å². The van der Waals surface area contributed by atoms with Crippen LogP contribution in [0.15, 0.2) is 47.5 Å². The van der Waals surface area contributed by atoms with Crippen LogP contribution in [-0.2, 0) is 6.54 Å². The standard InChI is InChI=1S/C22H31N5O3/c1-23-22(26-18-9-10-19(29-4)20(14-18)30-5)25-15-16-7-6-8-17(13-16)21(28)24-11-12-27(2)3/h6-10,13-14H,11-12,15H2,1-5H3,(H,24,28)(H2,23,25,26). The van der Waals surface area contributed by atoms with Gasteiger partial charge >= 0.3 is 0 Å². The minimum Gasteiger partial charge on any atom is -0.493 e. The first-order valence-electron chi connectivity index (χ1n) is 9.68. The van der Waals surface area contributed by atoms with Crippen molar-refractivity contribution in [1.29, 1.82) is 0 Å². The van der Waals surface area contributed by atoms with Crippen molar-refractivity contribution in [2.75, 3.05) is 53.8 Å². The van der Waals surface area contributed by atoms with Crippen molar-refractivity contribution in [3.8, 4) is 11.5 Å². The van der Waals surface area contributed by atoms with Crippen molar-refractivity contribution in [2.24, 2.45) is 4.99 Å². The van der Waals surface area contributed by atoms with E-state index >= 15 is 0 Å². The Hall–Kier alpha value is -3.26. The first-order chi connectivity index (χ1) is 14.5. The zero-order valence-electron chi connectivity index (χ0n) is 18.3. The van der Waals surface area contributed by atoms with Crippen molar-refractivity contribution < 1.29 is 14.3 Å². The Morgan fingerprint density at radius 1 is 1.03 bits per heavy atom. The molecule has 3 N–H and O–H groups in total. The Kier molecular flexibility index (Phi) is 8.96. The van der Waals surface area contributed by atoms with Gasteiger partial charge in [-0.3, -0.25) is 9.79 Å². The first-order valence-corrected chi connectivity index (χ1v) is 9.68. The number of hydrogen-bond donors (Lipinski definition) is 3. The van der Waals surface area contributed by atoms with Gasteiger partial charge in [-0.2, -0.15) is 0 Å². The monoisotopic (exact) mass is 413 g/mol. The number of ether oxygens (including phenoxy) is 2. The molecule has 0 aliphatic heterocycles. The van der Waals surface area contributed by atoms with E-state index < -0.39 is 0 Å². The molecule has 0 spiro atoms. The maximum atomic E-state index is 12.3. The van der Waals surface area contributed by atoms with Crippen LogP contribution in [0.2, 0.25) is 0 Å². The molecule has 0 aliphatic rings. The second kappa shape index (κ2) is 11.7. The number of nitrogens with zero attached hydrogens (tertiary/aromatic N) is 2. The number of nitrogens with one attached hydrogen (secondary N) is 3. The quantitative estimate of drug-likeness (QED) is 0.432. The van der Waals surface area contributed by atoms with Crippen LogP contribution in [0.3, 0.4) is 0 Å². The molecule has 0 bridgehead atoms. The summed E-state index contributed by atoms with van der Waals surface area (Å²) in [5.74, 6) is 1.81. The second-order valence-corrected chi connectivity index (χ2v) is 6.88. The number of carbonyl (C=O) groups excluding carboxylic acids is 1. The summed E-state index contributed by atoms with van der Waals surface area (Å²) < 4.78 is 10.6.